The molecule has 4 rings (SSSR count). The van der Waals surface area contributed by atoms with E-state index in [0.717, 1.165) is 16.2 Å². The Hall–Kier alpha value is -3.40. The molecule has 0 aliphatic heterocycles. The molecule has 4 nitrogen and oxygen atoms in total. The maximum Gasteiger partial charge on any atom is 0.146 e. The summed E-state index contributed by atoms with van der Waals surface area (Å²) in [6.45, 7) is 0. The van der Waals surface area contributed by atoms with Crippen LogP contribution >= 0.6 is 0 Å². The molecule has 0 saturated heterocycles. The Morgan fingerprint density at radius 2 is 1.42 bits per heavy atom. The lowest BCUT2D eigenvalue weighted by Gasteiger charge is -2.14. The van der Waals surface area contributed by atoms with E-state index in [1.54, 1.807) is 24.3 Å². The van der Waals surface area contributed by atoms with E-state index in [9.17, 15) is 10.2 Å². The third-order valence-corrected chi connectivity index (χ3v) is 4.25. The van der Waals surface area contributed by atoms with Gasteiger partial charge in [-0.05, 0) is 29.7 Å². The Morgan fingerprint density at radius 1 is 0.667 bits per heavy atom. The van der Waals surface area contributed by atoms with E-state index in [-0.39, 0.29) is 11.5 Å². The van der Waals surface area contributed by atoms with Gasteiger partial charge in [-0.3, -0.25) is 0 Å². The van der Waals surface area contributed by atoms with E-state index in [4.69, 9.17) is 5.73 Å². The van der Waals surface area contributed by atoms with Gasteiger partial charge >= 0.3 is 0 Å². The van der Waals surface area contributed by atoms with E-state index in [0.29, 0.717) is 22.4 Å². The fraction of sp³-hybridized carbons (Fsp3) is 0. The van der Waals surface area contributed by atoms with Crippen molar-refractivity contribution in [1.29, 1.82) is 0 Å². The highest BCUT2D eigenvalue weighted by molar-refractivity contribution is 6.03. The molecule has 118 valence electrons. The molecule has 0 heterocycles. The van der Waals surface area contributed by atoms with Gasteiger partial charge in [-0.15, -0.1) is 0 Å². The number of nitrogens with two attached hydrogens (primary N) is 1. The first-order valence-electron chi connectivity index (χ1n) is 7.63. The van der Waals surface area contributed by atoms with Crippen molar-refractivity contribution in [3.8, 4) is 11.5 Å². The Labute approximate surface area is 138 Å². The summed E-state index contributed by atoms with van der Waals surface area (Å²) in [5.41, 5.74) is 8.03. The van der Waals surface area contributed by atoms with Crippen LogP contribution in [0.5, 0.6) is 11.5 Å². The van der Waals surface area contributed by atoms with Crippen LogP contribution in [0.4, 0.5) is 17.1 Å². The third-order valence-electron chi connectivity index (χ3n) is 4.25. The second-order valence-corrected chi connectivity index (χ2v) is 5.71. The molecule has 0 unspecified atom stereocenters. The number of aromatic hydroxyl groups is 2. The summed E-state index contributed by atoms with van der Waals surface area (Å²) in [4.78, 5) is 0. The number of fused-ring (bicyclic) bond motifs is 2. The van der Waals surface area contributed by atoms with Gasteiger partial charge in [0.25, 0.3) is 0 Å². The van der Waals surface area contributed by atoms with Gasteiger partial charge in [0, 0.05) is 16.2 Å². The summed E-state index contributed by atoms with van der Waals surface area (Å²) in [6, 6.07) is 20.3. The van der Waals surface area contributed by atoms with Crippen LogP contribution in [0, 0.1) is 0 Å². The first kappa shape index (κ1) is 14.2. The number of rotatable bonds is 2. The Balaban J connectivity index is 1.83. The molecule has 0 aliphatic carbocycles. The highest BCUT2D eigenvalue weighted by Crippen LogP contribution is 2.38. The molecule has 0 atom stereocenters. The second-order valence-electron chi connectivity index (χ2n) is 5.71. The van der Waals surface area contributed by atoms with Crippen LogP contribution in [0.3, 0.4) is 0 Å². The normalized spacial score (nSPS) is 11.0. The van der Waals surface area contributed by atoms with Crippen LogP contribution in [-0.4, -0.2) is 10.2 Å². The van der Waals surface area contributed by atoms with E-state index < -0.39 is 0 Å². The molecule has 24 heavy (non-hydrogen) atoms. The van der Waals surface area contributed by atoms with Gasteiger partial charge < -0.3 is 21.3 Å². The summed E-state index contributed by atoms with van der Waals surface area (Å²) in [6.07, 6.45) is 0. The van der Waals surface area contributed by atoms with Crippen molar-refractivity contribution in [3.05, 3.63) is 66.7 Å². The fourth-order valence-electron chi connectivity index (χ4n) is 2.97. The molecule has 0 saturated carbocycles. The summed E-state index contributed by atoms with van der Waals surface area (Å²) in [5.74, 6) is 0.378. The van der Waals surface area contributed by atoms with Crippen molar-refractivity contribution >= 4 is 38.6 Å². The second kappa shape index (κ2) is 5.35. The minimum absolute atomic E-state index is 0.184. The van der Waals surface area contributed by atoms with Gasteiger partial charge in [-0.2, -0.15) is 0 Å². The number of anilines is 3. The van der Waals surface area contributed by atoms with Crippen LogP contribution in [0.25, 0.3) is 21.5 Å². The van der Waals surface area contributed by atoms with Crippen molar-refractivity contribution in [3.63, 3.8) is 0 Å². The molecule has 0 radical (unpaired) electrons. The van der Waals surface area contributed by atoms with Crippen molar-refractivity contribution in [2.24, 2.45) is 0 Å². The predicted molar refractivity (Wildman–Crippen MR) is 98.9 cm³/mol. The molecular weight excluding hydrogens is 300 g/mol. The average Bonchev–Trinajstić information content (AvgIpc) is 2.60. The molecule has 0 aliphatic rings. The lowest BCUT2D eigenvalue weighted by atomic mass is 10.1. The van der Waals surface area contributed by atoms with Gasteiger partial charge in [-0.25, -0.2) is 0 Å². The largest absolute Gasteiger partial charge is 0.507 e. The minimum Gasteiger partial charge on any atom is -0.507 e. The number of hydrogen-bond acceptors (Lipinski definition) is 4. The third kappa shape index (κ3) is 2.16. The van der Waals surface area contributed by atoms with Gasteiger partial charge in [0.15, 0.2) is 0 Å². The highest BCUT2D eigenvalue weighted by atomic mass is 16.3. The van der Waals surface area contributed by atoms with Crippen molar-refractivity contribution in [1.82, 2.24) is 0 Å². The topological polar surface area (TPSA) is 78.5 Å². The maximum atomic E-state index is 10.5. The van der Waals surface area contributed by atoms with E-state index in [1.165, 1.54) is 0 Å². The van der Waals surface area contributed by atoms with Gasteiger partial charge in [0.1, 0.15) is 11.5 Å². The van der Waals surface area contributed by atoms with E-state index in [1.807, 2.05) is 42.5 Å². The summed E-state index contributed by atoms with van der Waals surface area (Å²) in [7, 11) is 0. The number of benzene rings is 4. The van der Waals surface area contributed by atoms with Gasteiger partial charge in [0.05, 0.1) is 17.1 Å². The zero-order valence-electron chi connectivity index (χ0n) is 12.8. The molecule has 0 bridgehead atoms. The summed E-state index contributed by atoms with van der Waals surface area (Å²) >= 11 is 0. The van der Waals surface area contributed by atoms with E-state index >= 15 is 0 Å². The minimum atomic E-state index is 0.184. The van der Waals surface area contributed by atoms with Crippen molar-refractivity contribution in [2.75, 3.05) is 11.1 Å². The predicted octanol–water partition coefficient (Wildman–Crippen LogP) is 4.73. The fourth-order valence-corrected chi connectivity index (χ4v) is 2.97. The molecule has 0 amide bonds. The maximum absolute atomic E-state index is 10.5. The summed E-state index contributed by atoms with van der Waals surface area (Å²) in [5, 5.41) is 26.8. The van der Waals surface area contributed by atoms with Gasteiger partial charge in [-0.1, -0.05) is 42.5 Å². The SMILES string of the molecule is Nc1c(Nc2ccc3ccccc3c2O)ccc2c(O)cccc12. The van der Waals surface area contributed by atoms with Crippen molar-refractivity contribution in [2.45, 2.75) is 0 Å². The molecular formula is C20H16N2O2. The first-order chi connectivity index (χ1) is 11.6. The zero-order valence-corrected chi connectivity index (χ0v) is 12.8. The van der Waals surface area contributed by atoms with Crippen LogP contribution in [0.1, 0.15) is 0 Å². The Morgan fingerprint density at radius 3 is 2.29 bits per heavy atom. The van der Waals surface area contributed by atoms with Crippen LogP contribution in [-0.2, 0) is 0 Å². The molecule has 5 N–H and O–H groups in total. The number of phenols is 2. The lowest BCUT2D eigenvalue weighted by molar-refractivity contribution is 0.481. The first-order valence-corrected chi connectivity index (χ1v) is 7.63. The molecule has 0 fully saturated rings. The molecule has 4 aromatic carbocycles. The molecule has 0 aromatic heterocycles. The lowest BCUT2D eigenvalue weighted by Crippen LogP contribution is -1.97. The van der Waals surface area contributed by atoms with Crippen LogP contribution in [0.2, 0.25) is 0 Å². The number of hydrogen-bond donors (Lipinski definition) is 4. The van der Waals surface area contributed by atoms with E-state index in [2.05, 4.69) is 5.32 Å². The average molecular weight is 316 g/mol. The Kier molecular flexibility index (Phi) is 3.17. The van der Waals surface area contributed by atoms with Crippen LogP contribution in [0.15, 0.2) is 66.7 Å². The Bertz CT molecular complexity index is 1070. The zero-order chi connectivity index (χ0) is 16.7. The standard InChI is InChI=1S/C20H16N2O2/c21-19-15-6-3-7-18(23)14(15)9-11-16(19)22-17-10-8-12-4-1-2-5-13(12)20(17)24/h1-11,22-24H,21H2. The monoisotopic (exact) mass is 316 g/mol. The number of nitrogen functional groups attached to an aromatic ring is 1. The smallest absolute Gasteiger partial charge is 0.146 e. The molecule has 0 spiro atoms. The number of nitrogens with one attached hydrogen (secondary N) is 1. The molecule has 4 heteroatoms. The molecule has 4 aromatic rings. The highest BCUT2D eigenvalue weighted by Gasteiger charge is 2.10. The van der Waals surface area contributed by atoms with Crippen LogP contribution < -0.4 is 11.1 Å². The van der Waals surface area contributed by atoms with Crippen molar-refractivity contribution < 1.29 is 10.2 Å². The summed E-state index contributed by atoms with van der Waals surface area (Å²) < 4.78 is 0. The number of phenolic OH excluding ortho intramolecular Hbond substituents is 2. The quantitative estimate of drug-likeness (QED) is 0.318. The van der Waals surface area contributed by atoms with Gasteiger partial charge in [0.2, 0.25) is 0 Å².